The van der Waals surface area contributed by atoms with Gasteiger partial charge in [-0.15, -0.1) is 0 Å². The largest absolute Gasteiger partial charge is 0.494 e. The van der Waals surface area contributed by atoms with Gasteiger partial charge in [0.05, 0.1) is 24.5 Å². The first-order chi connectivity index (χ1) is 18.5. The molecule has 3 heterocycles. The van der Waals surface area contributed by atoms with Crippen molar-refractivity contribution < 1.29 is 29.0 Å². The average Bonchev–Trinajstić information content (AvgIpc) is 3.57. The number of aliphatic hydroxyl groups is 1. The first kappa shape index (κ1) is 26.2. The van der Waals surface area contributed by atoms with Gasteiger partial charge in [0, 0.05) is 25.4 Å². The number of nitrogens with zero attached hydrogens (tertiary/aromatic N) is 1. The number of carbonyl (C=O) groups is 3. The molecule has 2 aromatic rings. The molecular weight excluding hydrogens is 486 g/mol. The van der Waals surface area contributed by atoms with Crippen molar-refractivity contribution >= 4 is 23.4 Å². The molecule has 3 aliphatic heterocycles. The van der Waals surface area contributed by atoms with E-state index in [2.05, 4.69) is 10.6 Å². The molecule has 9 heteroatoms. The molecule has 3 N–H and O–H groups in total. The van der Waals surface area contributed by atoms with E-state index in [0.717, 1.165) is 5.56 Å². The Bertz CT molecular complexity index is 1160. The van der Waals surface area contributed by atoms with Crippen molar-refractivity contribution in [3.05, 3.63) is 60.2 Å². The van der Waals surface area contributed by atoms with Crippen LogP contribution in [0.1, 0.15) is 38.2 Å². The summed E-state index contributed by atoms with van der Waals surface area (Å²) in [4.78, 5) is 42.6. The predicted molar refractivity (Wildman–Crippen MR) is 140 cm³/mol. The number of hydrogen-bond acceptors (Lipinski definition) is 6. The van der Waals surface area contributed by atoms with Crippen molar-refractivity contribution in [3.63, 3.8) is 0 Å². The lowest BCUT2D eigenvalue weighted by atomic mass is 9.70. The molecule has 0 aromatic heterocycles. The molecule has 0 radical (unpaired) electrons. The zero-order chi connectivity index (χ0) is 26.7. The summed E-state index contributed by atoms with van der Waals surface area (Å²) in [7, 11) is 0. The van der Waals surface area contributed by atoms with Gasteiger partial charge in [0.25, 0.3) is 0 Å². The molecule has 5 atom stereocenters. The number of carbonyl (C=O) groups excluding carboxylic acids is 3. The predicted octanol–water partition coefficient (Wildman–Crippen LogP) is 2.49. The van der Waals surface area contributed by atoms with Crippen LogP contribution < -0.4 is 15.4 Å². The first-order valence-electron chi connectivity index (χ1n) is 13.4. The molecule has 5 rings (SSSR count). The van der Waals surface area contributed by atoms with Crippen molar-refractivity contribution in [2.75, 3.05) is 25.1 Å². The lowest BCUT2D eigenvalue weighted by Gasteiger charge is -2.33. The highest BCUT2D eigenvalue weighted by atomic mass is 16.5. The van der Waals surface area contributed by atoms with Gasteiger partial charge in [0.1, 0.15) is 17.4 Å². The standard InChI is InChI=1S/C29H35N3O6/c1-2-37-21-12-10-20(11-13-21)31-26(34)23-22-14-15-29(38-22)24(23)28(36)32(16-6-7-17-33)25(29)27(35)30-18-19-8-4-3-5-9-19/h3-5,8-13,22-25,33H,2,6-7,14-18H2,1H3,(H,30,35)(H,31,34)/t22-,23+,24+,25?,29?/m1/s1. The molecule has 2 aromatic carbocycles. The molecule has 3 aliphatic rings. The van der Waals surface area contributed by atoms with Crippen molar-refractivity contribution in [2.45, 2.75) is 56.9 Å². The van der Waals surface area contributed by atoms with E-state index in [4.69, 9.17) is 9.47 Å². The highest BCUT2D eigenvalue weighted by Crippen LogP contribution is 2.58. The van der Waals surface area contributed by atoms with Crippen LogP contribution in [-0.2, 0) is 25.7 Å². The Morgan fingerprint density at radius 2 is 1.87 bits per heavy atom. The van der Waals surface area contributed by atoms with E-state index in [-0.39, 0.29) is 24.3 Å². The van der Waals surface area contributed by atoms with Gasteiger partial charge in [0.2, 0.25) is 17.7 Å². The van der Waals surface area contributed by atoms with Gasteiger partial charge >= 0.3 is 0 Å². The van der Waals surface area contributed by atoms with E-state index in [9.17, 15) is 19.5 Å². The maximum atomic E-state index is 13.8. The van der Waals surface area contributed by atoms with Gasteiger partial charge in [-0.05, 0) is 62.4 Å². The lowest BCUT2D eigenvalue weighted by Crippen LogP contribution is -2.55. The molecule has 3 amide bonds. The molecule has 0 saturated carbocycles. The number of likely N-dealkylation sites (tertiary alicyclic amines) is 1. The summed E-state index contributed by atoms with van der Waals surface area (Å²) in [5, 5.41) is 15.2. The Hall–Kier alpha value is -3.43. The van der Waals surface area contributed by atoms with Gasteiger partial charge in [0.15, 0.2) is 0 Å². The summed E-state index contributed by atoms with van der Waals surface area (Å²) in [6.07, 6.45) is 1.81. The van der Waals surface area contributed by atoms with Crippen LogP contribution in [0.5, 0.6) is 5.75 Å². The van der Waals surface area contributed by atoms with E-state index >= 15 is 0 Å². The third-order valence-electron chi connectivity index (χ3n) is 7.90. The zero-order valence-corrected chi connectivity index (χ0v) is 21.6. The van der Waals surface area contributed by atoms with E-state index in [0.29, 0.717) is 56.8 Å². The van der Waals surface area contributed by atoms with Crippen LogP contribution in [0.2, 0.25) is 0 Å². The maximum Gasteiger partial charge on any atom is 0.246 e. The zero-order valence-electron chi connectivity index (χ0n) is 21.6. The summed E-state index contributed by atoms with van der Waals surface area (Å²) >= 11 is 0. The highest BCUT2D eigenvalue weighted by Gasteiger charge is 2.74. The summed E-state index contributed by atoms with van der Waals surface area (Å²) in [5.41, 5.74) is 0.524. The highest BCUT2D eigenvalue weighted by molar-refractivity contribution is 6.02. The number of hydrogen-bond donors (Lipinski definition) is 3. The Morgan fingerprint density at radius 1 is 1.11 bits per heavy atom. The second kappa shape index (κ2) is 11.1. The average molecular weight is 522 g/mol. The number of nitrogens with one attached hydrogen (secondary N) is 2. The van der Waals surface area contributed by atoms with Gasteiger partial charge < -0.3 is 30.1 Å². The molecule has 9 nitrogen and oxygen atoms in total. The molecule has 2 bridgehead atoms. The molecule has 3 saturated heterocycles. The van der Waals surface area contributed by atoms with Crippen LogP contribution in [0.25, 0.3) is 0 Å². The summed E-state index contributed by atoms with van der Waals surface area (Å²) in [6.45, 7) is 3.12. The van der Waals surface area contributed by atoms with Crippen LogP contribution in [0.3, 0.4) is 0 Å². The minimum Gasteiger partial charge on any atom is -0.494 e. The van der Waals surface area contributed by atoms with Crippen molar-refractivity contribution in [1.82, 2.24) is 10.2 Å². The Balaban J connectivity index is 1.37. The van der Waals surface area contributed by atoms with E-state index in [1.807, 2.05) is 37.3 Å². The number of anilines is 1. The van der Waals surface area contributed by atoms with Crippen LogP contribution >= 0.6 is 0 Å². The molecule has 202 valence electrons. The van der Waals surface area contributed by atoms with Crippen molar-refractivity contribution in [3.8, 4) is 5.75 Å². The molecule has 38 heavy (non-hydrogen) atoms. The number of rotatable bonds is 11. The number of amides is 3. The van der Waals surface area contributed by atoms with Crippen molar-refractivity contribution in [2.24, 2.45) is 11.8 Å². The van der Waals surface area contributed by atoms with E-state index in [1.165, 1.54) is 0 Å². The third kappa shape index (κ3) is 4.76. The topological polar surface area (TPSA) is 117 Å². The summed E-state index contributed by atoms with van der Waals surface area (Å²) in [6, 6.07) is 15.9. The number of benzene rings is 2. The minimum atomic E-state index is -1.04. The Morgan fingerprint density at radius 3 is 2.58 bits per heavy atom. The number of aliphatic hydroxyl groups excluding tert-OH is 1. The van der Waals surface area contributed by atoms with Gasteiger partial charge in [-0.1, -0.05) is 30.3 Å². The third-order valence-corrected chi connectivity index (χ3v) is 7.90. The second-order valence-electron chi connectivity index (χ2n) is 10.2. The van der Waals surface area contributed by atoms with Crippen LogP contribution in [0.15, 0.2) is 54.6 Å². The number of ether oxygens (including phenoxy) is 2. The Labute approximate surface area is 222 Å². The van der Waals surface area contributed by atoms with Crippen LogP contribution in [-0.4, -0.2) is 65.2 Å². The number of unbranched alkanes of at least 4 members (excludes halogenated alkanes) is 1. The number of fused-ring (bicyclic) bond motifs is 1. The summed E-state index contributed by atoms with van der Waals surface area (Å²) < 4.78 is 11.9. The molecule has 0 aliphatic carbocycles. The molecule has 1 spiro atoms. The lowest BCUT2D eigenvalue weighted by molar-refractivity contribution is -0.141. The van der Waals surface area contributed by atoms with E-state index < -0.39 is 29.6 Å². The fourth-order valence-electron chi connectivity index (χ4n) is 6.30. The fraction of sp³-hybridized carbons (Fsp3) is 0.483. The quantitative estimate of drug-likeness (QED) is 0.391. The maximum absolute atomic E-state index is 13.8. The van der Waals surface area contributed by atoms with Gasteiger partial charge in [-0.25, -0.2) is 0 Å². The van der Waals surface area contributed by atoms with Crippen LogP contribution in [0, 0.1) is 11.8 Å². The van der Waals surface area contributed by atoms with Gasteiger partial charge in [-0.2, -0.15) is 0 Å². The SMILES string of the molecule is CCOc1ccc(NC(=O)[C@@H]2[C@H]3C(=O)N(CCCCO)C(C(=O)NCc4ccccc4)C34CC[C@H]2O4)cc1. The minimum absolute atomic E-state index is 0.00711. The first-order valence-corrected chi connectivity index (χ1v) is 13.4. The normalized spacial score (nSPS) is 27.3. The van der Waals surface area contributed by atoms with E-state index in [1.54, 1.807) is 29.2 Å². The molecule has 2 unspecified atom stereocenters. The van der Waals surface area contributed by atoms with Gasteiger partial charge in [-0.3, -0.25) is 14.4 Å². The smallest absolute Gasteiger partial charge is 0.246 e. The van der Waals surface area contributed by atoms with Crippen LogP contribution in [0.4, 0.5) is 5.69 Å². The second-order valence-corrected chi connectivity index (χ2v) is 10.2. The fourth-order valence-corrected chi connectivity index (χ4v) is 6.30. The molecule has 3 fully saturated rings. The summed E-state index contributed by atoms with van der Waals surface area (Å²) in [5.74, 6) is -1.49. The molecular formula is C29H35N3O6. The monoisotopic (exact) mass is 521 g/mol. The van der Waals surface area contributed by atoms with Crippen molar-refractivity contribution in [1.29, 1.82) is 0 Å². The Kier molecular flexibility index (Phi) is 7.67.